The van der Waals surface area contributed by atoms with Crippen molar-refractivity contribution in [1.82, 2.24) is 14.7 Å². The van der Waals surface area contributed by atoms with Crippen LogP contribution in [0.2, 0.25) is 0 Å². The molecule has 0 aromatic rings. The lowest BCUT2D eigenvalue weighted by Gasteiger charge is -2.37. The normalized spacial score (nSPS) is 24.4. The van der Waals surface area contributed by atoms with Crippen molar-refractivity contribution >= 4 is 5.91 Å². The monoisotopic (exact) mass is 311 g/mol. The predicted molar refractivity (Wildman–Crippen MR) is 88.8 cm³/mol. The quantitative estimate of drug-likeness (QED) is 0.767. The zero-order chi connectivity index (χ0) is 15.9. The Hall–Kier alpha value is -0.650. The van der Waals surface area contributed by atoms with Gasteiger partial charge in [-0.15, -0.1) is 0 Å². The van der Waals surface area contributed by atoms with Crippen LogP contribution in [-0.2, 0) is 4.79 Å². The molecule has 0 aromatic heterocycles. The lowest BCUT2D eigenvalue weighted by Crippen LogP contribution is -2.45. The molecule has 2 fully saturated rings. The zero-order valence-corrected chi connectivity index (χ0v) is 14.3. The van der Waals surface area contributed by atoms with Crippen LogP contribution in [0.1, 0.15) is 45.4 Å². The van der Waals surface area contributed by atoms with E-state index in [4.69, 9.17) is 5.11 Å². The fraction of sp³-hybridized carbons (Fsp3) is 0.941. The molecule has 0 aliphatic carbocycles. The van der Waals surface area contributed by atoms with Crippen molar-refractivity contribution < 1.29 is 9.90 Å². The van der Waals surface area contributed by atoms with Gasteiger partial charge >= 0.3 is 0 Å². The SMILES string of the molecule is CC1CCCN1C(=O)CCN1CCC(N(C)CCCO)CC1. The molecule has 2 aliphatic rings. The van der Waals surface area contributed by atoms with Crippen LogP contribution in [0.25, 0.3) is 0 Å². The molecule has 5 nitrogen and oxygen atoms in total. The third kappa shape index (κ3) is 4.93. The number of amides is 1. The van der Waals surface area contributed by atoms with Gasteiger partial charge in [-0.3, -0.25) is 4.79 Å². The number of aliphatic hydroxyl groups excluding tert-OH is 1. The molecule has 1 N–H and O–H groups in total. The first-order chi connectivity index (χ1) is 10.6. The second-order valence-corrected chi connectivity index (χ2v) is 6.96. The Morgan fingerprint density at radius 1 is 1.23 bits per heavy atom. The van der Waals surface area contributed by atoms with Crippen molar-refractivity contribution in [3.8, 4) is 0 Å². The van der Waals surface area contributed by atoms with Crippen LogP contribution in [0.5, 0.6) is 0 Å². The van der Waals surface area contributed by atoms with Crippen LogP contribution < -0.4 is 0 Å². The van der Waals surface area contributed by atoms with Crippen LogP contribution in [-0.4, -0.2) is 84.2 Å². The van der Waals surface area contributed by atoms with Gasteiger partial charge in [0.15, 0.2) is 0 Å². The van der Waals surface area contributed by atoms with Gasteiger partial charge in [-0.2, -0.15) is 0 Å². The van der Waals surface area contributed by atoms with Crippen LogP contribution in [0.3, 0.4) is 0 Å². The highest BCUT2D eigenvalue weighted by molar-refractivity contribution is 5.77. The topological polar surface area (TPSA) is 47.0 Å². The molecule has 2 aliphatic heterocycles. The summed E-state index contributed by atoms with van der Waals surface area (Å²) in [5.41, 5.74) is 0. The van der Waals surface area contributed by atoms with Gasteiger partial charge < -0.3 is 19.8 Å². The highest BCUT2D eigenvalue weighted by atomic mass is 16.3. The van der Waals surface area contributed by atoms with Crippen molar-refractivity contribution in [2.75, 3.05) is 46.4 Å². The maximum Gasteiger partial charge on any atom is 0.224 e. The van der Waals surface area contributed by atoms with E-state index >= 15 is 0 Å². The number of aliphatic hydroxyl groups is 1. The van der Waals surface area contributed by atoms with Gasteiger partial charge in [0, 0.05) is 44.7 Å². The lowest BCUT2D eigenvalue weighted by molar-refractivity contribution is -0.132. The average molecular weight is 311 g/mol. The molecule has 1 amide bonds. The van der Waals surface area contributed by atoms with Crippen molar-refractivity contribution in [3.63, 3.8) is 0 Å². The summed E-state index contributed by atoms with van der Waals surface area (Å²) in [5, 5.41) is 8.92. The van der Waals surface area contributed by atoms with Gasteiger partial charge in [-0.1, -0.05) is 0 Å². The van der Waals surface area contributed by atoms with E-state index in [9.17, 15) is 4.79 Å². The third-order valence-corrected chi connectivity index (χ3v) is 5.36. The van der Waals surface area contributed by atoms with Crippen molar-refractivity contribution in [1.29, 1.82) is 0 Å². The number of hydrogen-bond donors (Lipinski definition) is 1. The number of carbonyl (C=O) groups excluding carboxylic acids is 1. The second-order valence-electron chi connectivity index (χ2n) is 6.96. The molecule has 0 saturated carbocycles. The van der Waals surface area contributed by atoms with E-state index in [2.05, 4.69) is 28.7 Å². The summed E-state index contributed by atoms with van der Waals surface area (Å²) in [5.74, 6) is 0.340. The summed E-state index contributed by atoms with van der Waals surface area (Å²) in [4.78, 5) is 19.1. The Morgan fingerprint density at radius 2 is 1.95 bits per heavy atom. The average Bonchev–Trinajstić information content (AvgIpc) is 2.97. The molecule has 2 saturated heterocycles. The maximum atomic E-state index is 12.3. The number of piperidine rings is 1. The smallest absolute Gasteiger partial charge is 0.224 e. The van der Waals surface area contributed by atoms with E-state index in [0.717, 1.165) is 45.6 Å². The minimum Gasteiger partial charge on any atom is -0.396 e. The minimum atomic E-state index is 0.278. The highest BCUT2D eigenvalue weighted by Gasteiger charge is 2.26. The Bertz CT molecular complexity index is 343. The molecular formula is C17H33N3O2. The molecule has 128 valence electrons. The summed E-state index contributed by atoms with van der Waals surface area (Å²) in [6, 6.07) is 1.08. The van der Waals surface area contributed by atoms with Gasteiger partial charge in [-0.25, -0.2) is 0 Å². The molecule has 1 unspecified atom stereocenters. The Balaban J connectivity index is 1.64. The maximum absolute atomic E-state index is 12.3. The standard InChI is InChI=1S/C17H33N3O2/c1-15-5-3-10-20(15)17(22)8-13-19-11-6-16(7-12-19)18(2)9-4-14-21/h15-16,21H,3-14H2,1-2H3. The van der Waals surface area contributed by atoms with Gasteiger partial charge in [-0.05, 0) is 59.2 Å². The summed E-state index contributed by atoms with van der Waals surface area (Å²) >= 11 is 0. The van der Waals surface area contributed by atoms with E-state index < -0.39 is 0 Å². The molecule has 1 atom stereocenters. The van der Waals surface area contributed by atoms with Gasteiger partial charge in [0.05, 0.1) is 0 Å². The largest absolute Gasteiger partial charge is 0.396 e. The number of likely N-dealkylation sites (tertiary alicyclic amines) is 2. The first kappa shape index (κ1) is 17.7. The Labute approximate surface area is 135 Å². The van der Waals surface area contributed by atoms with Gasteiger partial charge in [0.2, 0.25) is 5.91 Å². The molecule has 0 aromatic carbocycles. The van der Waals surface area contributed by atoms with Crippen LogP contribution in [0, 0.1) is 0 Å². The first-order valence-electron chi connectivity index (χ1n) is 8.94. The number of hydrogen-bond acceptors (Lipinski definition) is 4. The molecule has 2 rings (SSSR count). The number of rotatable bonds is 7. The van der Waals surface area contributed by atoms with Crippen molar-refractivity contribution in [2.24, 2.45) is 0 Å². The van der Waals surface area contributed by atoms with Crippen LogP contribution >= 0.6 is 0 Å². The van der Waals surface area contributed by atoms with Gasteiger partial charge in [0.1, 0.15) is 0 Å². The van der Waals surface area contributed by atoms with E-state index in [1.165, 1.54) is 19.3 Å². The first-order valence-corrected chi connectivity index (χ1v) is 8.94. The van der Waals surface area contributed by atoms with E-state index in [1.54, 1.807) is 0 Å². The number of nitrogens with zero attached hydrogens (tertiary/aromatic N) is 3. The molecule has 0 bridgehead atoms. The Kier molecular flexibility index (Phi) is 7.12. The predicted octanol–water partition coefficient (Wildman–Crippen LogP) is 1.17. The molecule has 5 heteroatoms. The zero-order valence-electron chi connectivity index (χ0n) is 14.3. The molecule has 2 heterocycles. The molecule has 0 spiro atoms. The van der Waals surface area contributed by atoms with E-state index in [0.29, 0.717) is 24.4 Å². The highest BCUT2D eigenvalue weighted by Crippen LogP contribution is 2.19. The minimum absolute atomic E-state index is 0.278. The molecule has 22 heavy (non-hydrogen) atoms. The van der Waals surface area contributed by atoms with E-state index in [-0.39, 0.29) is 6.61 Å². The second kappa shape index (κ2) is 8.85. The lowest BCUT2D eigenvalue weighted by atomic mass is 10.0. The Morgan fingerprint density at radius 3 is 2.55 bits per heavy atom. The third-order valence-electron chi connectivity index (χ3n) is 5.36. The van der Waals surface area contributed by atoms with Crippen molar-refractivity contribution in [2.45, 2.75) is 57.5 Å². The fourth-order valence-electron chi connectivity index (χ4n) is 3.79. The van der Waals surface area contributed by atoms with Crippen molar-refractivity contribution in [3.05, 3.63) is 0 Å². The molecule has 0 radical (unpaired) electrons. The summed E-state index contributed by atoms with van der Waals surface area (Å²) in [7, 11) is 2.16. The van der Waals surface area contributed by atoms with Crippen LogP contribution in [0.4, 0.5) is 0 Å². The fourth-order valence-corrected chi connectivity index (χ4v) is 3.79. The summed E-state index contributed by atoms with van der Waals surface area (Å²) in [6.45, 7) is 7.48. The van der Waals surface area contributed by atoms with E-state index in [1.807, 2.05) is 0 Å². The summed E-state index contributed by atoms with van der Waals surface area (Å²) in [6.07, 6.45) is 6.22. The van der Waals surface area contributed by atoms with Gasteiger partial charge in [0.25, 0.3) is 0 Å². The van der Waals surface area contributed by atoms with Crippen LogP contribution in [0.15, 0.2) is 0 Å². The molecular weight excluding hydrogens is 278 g/mol. The summed E-state index contributed by atoms with van der Waals surface area (Å²) < 4.78 is 0. The number of carbonyl (C=O) groups is 1.